The highest BCUT2D eigenvalue weighted by Crippen LogP contribution is 2.26. The van der Waals surface area contributed by atoms with Crippen LogP contribution in [-0.4, -0.2) is 44.5 Å². The molecular formula is C29H32FN5O. The zero-order valence-corrected chi connectivity index (χ0v) is 21.0. The average Bonchev–Trinajstić information content (AvgIpc) is 3.31. The van der Waals surface area contributed by atoms with E-state index < -0.39 is 0 Å². The van der Waals surface area contributed by atoms with Crippen LogP contribution in [0.5, 0.6) is 0 Å². The molecule has 0 spiro atoms. The average molecular weight is 486 g/mol. The zero-order chi connectivity index (χ0) is 25.3. The van der Waals surface area contributed by atoms with Crippen molar-refractivity contribution in [1.82, 2.24) is 24.8 Å². The molecule has 2 aromatic heterocycles. The van der Waals surface area contributed by atoms with Crippen molar-refractivity contribution in [2.75, 3.05) is 13.1 Å². The maximum Gasteiger partial charge on any atom is 0.270 e. The second-order valence-electron chi connectivity index (χ2n) is 10.6. The van der Waals surface area contributed by atoms with Crippen LogP contribution in [0.15, 0.2) is 66.7 Å². The Labute approximate surface area is 211 Å². The van der Waals surface area contributed by atoms with Crippen LogP contribution in [0.4, 0.5) is 4.39 Å². The lowest BCUT2D eigenvalue weighted by atomic mass is 9.93. The first kappa shape index (κ1) is 24.1. The summed E-state index contributed by atoms with van der Waals surface area (Å²) in [5.41, 5.74) is 4.37. The molecule has 0 saturated carbocycles. The molecule has 7 heteroatoms. The van der Waals surface area contributed by atoms with E-state index in [4.69, 9.17) is 10.1 Å². The Bertz CT molecular complexity index is 1350. The maximum atomic E-state index is 13.5. The molecule has 1 amide bonds. The standard InChI is InChI=1S/C29H32FN5O/c1-29(2,3)26-18-27-32-24(21-9-11-22(30)12-10-21)17-25(35(27)33-26)28(36)31-23-13-15-34(16-14-23)19-20-7-5-4-6-8-20/h4-12,17-18,23H,13-16,19H2,1-3H3,(H,31,36). The van der Waals surface area contributed by atoms with Gasteiger partial charge in [0.2, 0.25) is 0 Å². The number of hydrogen-bond donors (Lipinski definition) is 1. The number of hydrogen-bond acceptors (Lipinski definition) is 4. The second-order valence-corrected chi connectivity index (χ2v) is 10.6. The normalized spacial score (nSPS) is 15.3. The Morgan fingerprint density at radius 2 is 1.72 bits per heavy atom. The molecule has 1 saturated heterocycles. The minimum Gasteiger partial charge on any atom is -0.348 e. The lowest BCUT2D eigenvalue weighted by Gasteiger charge is -2.32. The Kier molecular flexibility index (Phi) is 6.58. The molecule has 6 nitrogen and oxygen atoms in total. The summed E-state index contributed by atoms with van der Waals surface area (Å²) >= 11 is 0. The van der Waals surface area contributed by atoms with Gasteiger partial charge in [0.05, 0.1) is 11.4 Å². The predicted octanol–water partition coefficient (Wildman–Crippen LogP) is 5.23. The Morgan fingerprint density at radius 1 is 1.03 bits per heavy atom. The van der Waals surface area contributed by atoms with Crippen LogP contribution in [0.2, 0.25) is 0 Å². The van der Waals surface area contributed by atoms with Crippen LogP contribution < -0.4 is 5.32 Å². The number of fused-ring (bicyclic) bond motifs is 1. The molecule has 186 valence electrons. The van der Waals surface area contributed by atoms with Gasteiger partial charge in [0.25, 0.3) is 5.91 Å². The van der Waals surface area contributed by atoms with Crippen molar-refractivity contribution >= 4 is 11.6 Å². The molecule has 36 heavy (non-hydrogen) atoms. The second kappa shape index (κ2) is 9.82. The molecule has 1 aliphatic rings. The van der Waals surface area contributed by atoms with Crippen LogP contribution in [0.1, 0.15) is 55.4 Å². The third-order valence-electron chi connectivity index (χ3n) is 6.74. The molecule has 2 aromatic carbocycles. The van der Waals surface area contributed by atoms with Crippen molar-refractivity contribution in [3.05, 3.63) is 89.5 Å². The number of carbonyl (C=O) groups is 1. The minimum absolute atomic E-state index is 0.0969. The van der Waals surface area contributed by atoms with Gasteiger partial charge in [-0.25, -0.2) is 13.9 Å². The van der Waals surface area contributed by atoms with Gasteiger partial charge in [-0.1, -0.05) is 51.1 Å². The molecule has 1 aliphatic heterocycles. The third kappa shape index (κ3) is 5.31. The molecule has 0 aliphatic carbocycles. The molecule has 0 atom stereocenters. The number of nitrogens with one attached hydrogen (secondary N) is 1. The summed E-state index contributed by atoms with van der Waals surface area (Å²) < 4.78 is 15.1. The zero-order valence-electron chi connectivity index (χ0n) is 21.0. The van der Waals surface area contributed by atoms with Gasteiger partial charge in [-0.2, -0.15) is 5.10 Å². The van der Waals surface area contributed by atoms with Crippen molar-refractivity contribution in [3.63, 3.8) is 0 Å². The fraction of sp³-hybridized carbons (Fsp3) is 0.345. The summed E-state index contributed by atoms with van der Waals surface area (Å²) in [6, 6.07) is 20.4. The van der Waals surface area contributed by atoms with E-state index in [1.165, 1.54) is 17.7 Å². The highest BCUT2D eigenvalue weighted by molar-refractivity contribution is 5.94. The molecule has 4 aromatic rings. The SMILES string of the molecule is CC(C)(C)c1cc2nc(-c3ccc(F)cc3)cc(C(=O)NC3CCN(Cc4ccccc4)CC3)n2n1. The third-order valence-corrected chi connectivity index (χ3v) is 6.74. The first-order chi connectivity index (χ1) is 17.3. The quantitative estimate of drug-likeness (QED) is 0.421. The number of rotatable bonds is 5. The molecule has 0 unspecified atom stereocenters. The number of carbonyl (C=O) groups excluding carboxylic acids is 1. The number of nitrogens with zero attached hydrogens (tertiary/aromatic N) is 4. The van der Waals surface area contributed by atoms with Crippen molar-refractivity contribution in [1.29, 1.82) is 0 Å². The summed E-state index contributed by atoms with van der Waals surface area (Å²) in [4.78, 5) is 20.7. The molecule has 1 fully saturated rings. The Morgan fingerprint density at radius 3 is 2.39 bits per heavy atom. The van der Waals surface area contributed by atoms with E-state index in [1.807, 2.05) is 12.1 Å². The summed E-state index contributed by atoms with van der Waals surface area (Å²) in [6.07, 6.45) is 1.79. The van der Waals surface area contributed by atoms with Gasteiger partial charge < -0.3 is 5.32 Å². The maximum absolute atomic E-state index is 13.5. The van der Waals surface area contributed by atoms with Crippen LogP contribution in [0, 0.1) is 5.82 Å². The minimum atomic E-state index is -0.309. The molecule has 0 bridgehead atoms. The highest BCUT2D eigenvalue weighted by Gasteiger charge is 2.25. The van der Waals surface area contributed by atoms with Gasteiger partial charge in [-0.15, -0.1) is 0 Å². The first-order valence-corrected chi connectivity index (χ1v) is 12.5. The van der Waals surface area contributed by atoms with E-state index in [1.54, 1.807) is 22.7 Å². The number of benzene rings is 2. The monoisotopic (exact) mass is 485 g/mol. The van der Waals surface area contributed by atoms with Gasteiger partial charge in [0, 0.05) is 42.7 Å². The van der Waals surface area contributed by atoms with E-state index in [0.29, 0.717) is 17.0 Å². The van der Waals surface area contributed by atoms with Crippen LogP contribution in [-0.2, 0) is 12.0 Å². The van der Waals surface area contributed by atoms with E-state index in [0.717, 1.165) is 43.7 Å². The highest BCUT2D eigenvalue weighted by atomic mass is 19.1. The largest absolute Gasteiger partial charge is 0.348 e. The summed E-state index contributed by atoms with van der Waals surface area (Å²) in [5, 5.41) is 7.96. The van der Waals surface area contributed by atoms with Gasteiger partial charge in [-0.05, 0) is 48.7 Å². The Hall–Kier alpha value is -3.58. The Balaban J connectivity index is 1.37. The van der Waals surface area contributed by atoms with E-state index in [2.05, 4.69) is 55.3 Å². The molecule has 3 heterocycles. The van der Waals surface area contributed by atoms with Crippen molar-refractivity contribution in [2.24, 2.45) is 0 Å². The lowest BCUT2D eigenvalue weighted by Crippen LogP contribution is -2.44. The smallest absolute Gasteiger partial charge is 0.270 e. The molecular weight excluding hydrogens is 453 g/mol. The first-order valence-electron chi connectivity index (χ1n) is 12.5. The predicted molar refractivity (Wildman–Crippen MR) is 139 cm³/mol. The number of likely N-dealkylation sites (tertiary alicyclic amines) is 1. The van der Waals surface area contributed by atoms with E-state index >= 15 is 0 Å². The lowest BCUT2D eigenvalue weighted by molar-refractivity contribution is 0.0901. The number of amides is 1. The number of aromatic nitrogens is 3. The van der Waals surface area contributed by atoms with Gasteiger partial charge in [-0.3, -0.25) is 9.69 Å². The van der Waals surface area contributed by atoms with Gasteiger partial charge >= 0.3 is 0 Å². The molecule has 1 N–H and O–H groups in total. The van der Waals surface area contributed by atoms with Crippen molar-refractivity contribution < 1.29 is 9.18 Å². The summed E-state index contributed by atoms with van der Waals surface area (Å²) in [7, 11) is 0. The van der Waals surface area contributed by atoms with Gasteiger partial charge in [0.1, 0.15) is 11.5 Å². The van der Waals surface area contributed by atoms with E-state index in [9.17, 15) is 9.18 Å². The number of halogens is 1. The summed E-state index contributed by atoms with van der Waals surface area (Å²) in [6.45, 7) is 9.04. The fourth-order valence-corrected chi connectivity index (χ4v) is 4.61. The van der Waals surface area contributed by atoms with Crippen LogP contribution in [0.25, 0.3) is 16.9 Å². The molecule has 0 radical (unpaired) electrons. The van der Waals surface area contributed by atoms with Crippen LogP contribution in [0.3, 0.4) is 0 Å². The molecule has 5 rings (SSSR count). The summed E-state index contributed by atoms with van der Waals surface area (Å²) in [5.74, 6) is -0.480. The topological polar surface area (TPSA) is 62.5 Å². The van der Waals surface area contributed by atoms with E-state index in [-0.39, 0.29) is 23.2 Å². The van der Waals surface area contributed by atoms with Crippen LogP contribution >= 0.6 is 0 Å². The fourth-order valence-electron chi connectivity index (χ4n) is 4.61. The number of piperidine rings is 1. The van der Waals surface area contributed by atoms with Crippen molar-refractivity contribution in [2.45, 2.75) is 51.6 Å². The van der Waals surface area contributed by atoms with Crippen molar-refractivity contribution in [3.8, 4) is 11.3 Å². The van der Waals surface area contributed by atoms with Gasteiger partial charge in [0.15, 0.2) is 5.65 Å².